The number of ether oxygens (including phenoxy) is 2. The highest BCUT2D eigenvalue weighted by atomic mass is 19.1. The lowest BCUT2D eigenvalue weighted by atomic mass is 9.74. The molecule has 2 heterocycles. The lowest BCUT2D eigenvalue weighted by Crippen LogP contribution is -2.44. The van der Waals surface area contributed by atoms with Gasteiger partial charge in [-0.05, 0) is 55.7 Å². The highest BCUT2D eigenvalue weighted by Crippen LogP contribution is 2.35. The van der Waals surface area contributed by atoms with Crippen LogP contribution >= 0.6 is 0 Å². The molecule has 2 aromatic carbocycles. The van der Waals surface area contributed by atoms with E-state index in [0.29, 0.717) is 47.8 Å². The van der Waals surface area contributed by atoms with Crippen molar-refractivity contribution in [3.63, 3.8) is 0 Å². The van der Waals surface area contributed by atoms with E-state index in [1.54, 1.807) is 44.4 Å². The smallest absolute Gasteiger partial charge is 0.255 e. The zero-order chi connectivity index (χ0) is 20.4. The van der Waals surface area contributed by atoms with Crippen molar-refractivity contribution in [1.82, 2.24) is 5.32 Å². The molecule has 0 aliphatic carbocycles. The van der Waals surface area contributed by atoms with Gasteiger partial charge in [-0.2, -0.15) is 0 Å². The zero-order valence-corrected chi connectivity index (χ0v) is 16.6. The highest BCUT2D eigenvalue weighted by molar-refractivity contribution is 6.07. The highest BCUT2D eigenvalue weighted by Gasteiger charge is 2.35. The van der Waals surface area contributed by atoms with E-state index in [1.807, 2.05) is 6.07 Å². The first-order valence-electron chi connectivity index (χ1n) is 9.71. The zero-order valence-electron chi connectivity index (χ0n) is 16.6. The molecule has 6 heteroatoms. The number of amides is 1. The van der Waals surface area contributed by atoms with E-state index in [-0.39, 0.29) is 17.1 Å². The van der Waals surface area contributed by atoms with Crippen molar-refractivity contribution < 1.29 is 23.1 Å². The molecule has 29 heavy (non-hydrogen) atoms. The number of rotatable bonds is 5. The van der Waals surface area contributed by atoms with Gasteiger partial charge in [0, 0.05) is 30.6 Å². The minimum atomic E-state index is -0.360. The lowest BCUT2D eigenvalue weighted by Gasteiger charge is -2.38. The molecule has 3 aromatic rings. The van der Waals surface area contributed by atoms with E-state index in [0.717, 1.165) is 18.4 Å². The minimum Gasteiger partial charge on any atom is -0.497 e. The molecule has 4 rings (SSSR count). The lowest BCUT2D eigenvalue weighted by molar-refractivity contribution is 0.0486. The number of fused-ring (bicyclic) bond motifs is 1. The third kappa shape index (κ3) is 3.72. The summed E-state index contributed by atoms with van der Waals surface area (Å²) >= 11 is 0. The van der Waals surface area contributed by atoms with Gasteiger partial charge in [0.1, 0.15) is 22.9 Å². The summed E-state index contributed by atoms with van der Waals surface area (Å²) in [6.45, 7) is 3.33. The Balaban J connectivity index is 1.62. The van der Waals surface area contributed by atoms with E-state index < -0.39 is 0 Å². The number of hydrogen-bond acceptors (Lipinski definition) is 4. The van der Waals surface area contributed by atoms with E-state index in [1.165, 1.54) is 6.07 Å². The minimum absolute atomic E-state index is 0.211. The molecule has 152 valence electrons. The summed E-state index contributed by atoms with van der Waals surface area (Å²) < 4.78 is 30.4. The van der Waals surface area contributed by atoms with Crippen molar-refractivity contribution in [3.8, 4) is 5.75 Å². The third-order valence-electron chi connectivity index (χ3n) is 5.77. The molecule has 0 saturated carbocycles. The first kappa shape index (κ1) is 19.5. The predicted molar refractivity (Wildman–Crippen MR) is 108 cm³/mol. The van der Waals surface area contributed by atoms with Gasteiger partial charge < -0.3 is 19.2 Å². The summed E-state index contributed by atoms with van der Waals surface area (Å²) in [7, 11) is 1.59. The fourth-order valence-electron chi connectivity index (χ4n) is 4.09. The van der Waals surface area contributed by atoms with Crippen LogP contribution in [0.15, 0.2) is 46.9 Å². The van der Waals surface area contributed by atoms with Crippen molar-refractivity contribution in [2.75, 3.05) is 26.9 Å². The van der Waals surface area contributed by atoms with Crippen LogP contribution in [-0.2, 0) is 10.2 Å². The second-order valence-electron chi connectivity index (χ2n) is 7.48. The van der Waals surface area contributed by atoms with Crippen LogP contribution in [-0.4, -0.2) is 32.8 Å². The molecular weight excluding hydrogens is 373 g/mol. The number of carbonyl (C=O) groups excluding carboxylic acids is 1. The Morgan fingerprint density at radius 1 is 1.21 bits per heavy atom. The van der Waals surface area contributed by atoms with E-state index >= 15 is 0 Å². The van der Waals surface area contributed by atoms with Gasteiger partial charge >= 0.3 is 0 Å². The third-order valence-corrected chi connectivity index (χ3v) is 5.77. The van der Waals surface area contributed by atoms with Crippen molar-refractivity contribution >= 4 is 16.9 Å². The molecule has 1 N–H and O–H groups in total. The Hall–Kier alpha value is -2.86. The number of methoxy groups -OCH3 is 1. The molecule has 1 aromatic heterocycles. The van der Waals surface area contributed by atoms with Crippen LogP contribution in [0.2, 0.25) is 0 Å². The number of hydrogen-bond donors (Lipinski definition) is 1. The van der Waals surface area contributed by atoms with E-state index in [2.05, 4.69) is 5.32 Å². The molecule has 1 amide bonds. The van der Waals surface area contributed by atoms with Gasteiger partial charge in [-0.15, -0.1) is 0 Å². The first-order valence-corrected chi connectivity index (χ1v) is 9.71. The molecule has 1 fully saturated rings. The second kappa shape index (κ2) is 7.87. The first-order chi connectivity index (χ1) is 14.0. The average Bonchev–Trinajstić information content (AvgIpc) is 3.07. The molecule has 1 aliphatic heterocycles. The van der Waals surface area contributed by atoms with Gasteiger partial charge in [-0.1, -0.05) is 12.1 Å². The summed E-state index contributed by atoms with van der Waals surface area (Å²) in [5.41, 5.74) is 1.66. The van der Waals surface area contributed by atoms with Gasteiger partial charge in [0.15, 0.2) is 0 Å². The maximum atomic E-state index is 13.9. The maximum Gasteiger partial charge on any atom is 0.255 e. The number of aryl methyl sites for hydroxylation is 1. The monoisotopic (exact) mass is 397 g/mol. The van der Waals surface area contributed by atoms with Gasteiger partial charge in [0.05, 0.1) is 12.7 Å². The molecule has 0 spiro atoms. The van der Waals surface area contributed by atoms with Crippen LogP contribution in [0.1, 0.15) is 34.5 Å². The molecule has 0 unspecified atom stereocenters. The van der Waals surface area contributed by atoms with Crippen LogP contribution in [0.3, 0.4) is 0 Å². The number of nitrogens with one attached hydrogen (secondary N) is 1. The van der Waals surface area contributed by atoms with Crippen LogP contribution < -0.4 is 10.1 Å². The van der Waals surface area contributed by atoms with Crippen LogP contribution in [0, 0.1) is 12.7 Å². The molecule has 0 bridgehead atoms. The summed E-state index contributed by atoms with van der Waals surface area (Å²) in [5, 5.41) is 3.78. The second-order valence-corrected chi connectivity index (χ2v) is 7.48. The molecular formula is C23H24FNO4. The van der Waals surface area contributed by atoms with E-state index in [4.69, 9.17) is 13.9 Å². The molecule has 1 saturated heterocycles. The normalized spacial score (nSPS) is 16.0. The molecule has 0 atom stereocenters. The van der Waals surface area contributed by atoms with Gasteiger partial charge in [-0.25, -0.2) is 4.39 Å². The number of carbonyl (C=O) groups is 1. The quantitative estimate of drug-likeness (QED) is 0.695. The van der Waals surface area contributed by atoms with Crippen molar-refractivity contribution in [2.45, 2.75) is 25.2 Å². The number of furan rings is 1. The van der Waals surface area contributed by atoms with Crippen molar-refractivity contribution in [1.29, 1.82) is 0 Å². The predicted octanol–water partition coefficient (Wildman–Crippen LogP) is 4.37. The Labute approximate surface area is 168 Å². The Morgan fingerprint density at radius 3 is 2.72 bits per heavy atom. The van der Waals surface area contributed by atoms with Crippen LogP contribution in [0.5, 0.6) is 5.75 Å². The standard InChI is InChI=1S/C23H24FNO4/c1-15-21(19-13-18(27-2)6-7-20(19)29-15)22(26)25-14-23(8-10-28-11-9-23)16-4-3-5-17(24)12-16/h3-7,12-13H,8-11,14H2,1-2H3,(H,25,26). The SMILES string of the molecule is COc1ccc2oc(C)c(C(=O)NCC3(c4cccc(F)c4)CCOCC3)c2c1. The molecule has 0 radical (unpaired) electrons. The van der Waals surface area contributed by atoms with Gasteiger partial charge in [-0.3, -0.25) is 4.79 Å². The topological polar surface area (TPSA) is 60.7 Å². The molecule has 1 aliphatic rings. The van der Waals surface area contributed by atoms with Crippen molar-refractivity contribution in [2.24, 2.45) is 0 Å². The largest absolute Gasteiger partial charge is 0.497 e. The van der Waals surface area contributed by atoms with Gasteiger partial charge in [0.2, 0.25) is 0 Å². The maximum absolute atomic E-state index is 13.9. The average molecular weight is 397 g/mol. The fraction of sp³-hybridized carbons (Fsp3) is 0.348. The Kier molecular flexibility index (Phi) is 5.28. The molecule has 5 nitrogen and oxygen atoms in total. The Morgan fingerprint density at radius 2 is 2.00 bits per heavy atom. The van der Waals surface area contributed by atoms with E-state index in [9.17, 15) is 9.18 Å². The summed E-state index contributed by atoms with van der Waals surface area (Å²) in [6.07, 6.45) is 1.44. The summed E-state index contributed by atoms with van der Waals surface area (Å²) in [5.74, 6) is 0.728. The summed E-state index contributed by atoms with van der Waals surface area (Å²) in [4.78, 5) is 13.1. The van der Waals surface area contributed by atoms with Gasteiger partial charge in [0.25, 0.3) is 5.91 Å². The summed E-state index contributed by atoms with van der Waals surface area (Å²) in [6, 6.07) is 12.0. The number of halogens is 1. The number of benzene rings is 2. The van der Waals surface area contributed by atoms with Crippen LogP contribution in [0.25, 0.3) is 11.0 Å². The fourth-order valence-corrected chi connectivity index (χ4v) is 4.09. The van der Waals surface area contributed by atoms with Crippen molar-refractivity contribution in [3.05, 3.63) is 65.2 Å². The Bertz CT molecular complexity index is 1040. The van der Waals surface area contributed by atoms with Crippen LogP contribution in [0.4, 0.5) is 4.39 Å².